The number of hydrogen-bond donors (Lipinski definition) is 3. The van der Waals surface area contributed by atoms with Crippen LogP contribution in [0.5, 0.6) is 0 Å². The average molecular weight is 297 g/mol. The standard InChI is InChI=1S/C13H19N3O5/c17-10-3-2-9(12(20)15-10)14-13(21)16-6-5-8(7-16)1-4-11(18)19/h8-9H,1-7H2,(H,14,21)(H,18,19)(H,15,17,20). The van der Waals surface area contributed by atoms with Crippen LogP contribution < -0.4 is 10.6 Å². The van der Waals surface area contributed by atoms with Gasteiger partial charge in [0.15, 0.2) is 0 Å². The van der Waals surface area contributed by atoms with Crippen LogP contribution in [0.25, 0.3) is 0 Å². The molecule has 2 rings (SSSR count). The number of imide groups is 1. The molecule has 0 radical (unpaired) electrons. The van der Waals surface area contributed by atoms with E-state index in [2.05, 4.69) is 10.6 Å². The third kappa shape index (κ3) is 4.17. The van der Waals surface area contributed by atoms with Crippen LogP contribution in [0.15, 0.2) is 0 Å². The van der Waals surface area contributed by atoms with Gasteiger partial charge in [-0.25, -0.2) is 4.79 Å². The molecule has 0 aromatic rings. The Morgan fingerprint density at radius 1 is 1.33 bits per heavy atom. The molecule has 2 fully saturated rings. The molecule has 21 heavy (non-hydrogen) atoms. The van der Waals surface area contributed by atoms with E-state index in [-0.39, 0.29) is 30.7 Å². The van der Waals surface area contributed by atoms with Crippen LogP contribution in [-0.4, -0.2) is 53.0 Å². The Kier molecular flexibility index (Phi) is 4.77. The first-order valence-electron chi connectivity index (χ1n) is 7.06. The minimum Gasteiger partial charge on any atom is -0.481 e. The molecule has 4 amide bonds. The van der Waals surface area contributed by atoms with Gasteiger partial charge in [-0.2, -0.15) is 0 Å². The van der Waals surface area contributed by atoms with Crippen molar-refractivity contribution in [3.63, 3.8) is 0 Å². The lowest BCUT2D eigenvalue weighted by molar-refractivity contribution is -0.137. The van der Waals surface area contributed by atoms with E-state index in [0.29, 0.717) is 25.9 Å². The Hall–Kier alpha value is -2.12. The van der Waals surface area contributed by atoms with Crippen molar-refractivity contribution in [2.45, 2.75) is 38.1 Å². The number of nitrogens with one attached hydrogen (secondary N) is 2. The predicted molar refractivity (Wildman–Crippen MR) is 71.3 cm³/mol. The number of aliphatic carboxylic acids is 1. The Labute approximate surface area is 121 Å². The Morgan fingerprint density at radius 3 is 2.76 bits per heavy atom. The molecule has 0 bridgehead atoms. The van der Waals surface area contributed by atoms with E-state index in [0.717, 1.165) is 6.42 Å². The summed E-state index contributed by atoms with van der Waals surface area (Å²) in [6.45, 7) is 1.07. The van der Waals surface area contributed by atoms with Crippen molar-refractivity contribution in [2.24, 2.45) is 5.92 Å². The van der Waals surface area contributed by atoms with E-state index < -0.39 is 17.9 Å². The summed E-state index contributed by atoms with van der Waals surface area (Å²) in [5.74, 6) is -1.43. The molecule has 3 N–H and O–H groups in total. The fraction of sp³-hybridized carbons (Fsp3) is 0.692. The van der Waals surface area contributed by atoms with Gasteiger partial charge in [-0.15, -0.1) is 0 Å². The zero-order valence-corrected chi connectivity index (χ0v) is 11.6. The number of rotatable bonds is 4. The highest BCUT2D eigenvalue weighted by Gasteiger charge is 2.31. The number of carboxylic acids is 1. The topological polar surface area (TPSA) is 116 Å². The second-order valence-electron chi connectivity index (χ2n) is 5.49. The summed E-state index contributed by atoms with van der Waals surface area (Å²) < 4.78 is 0. The zero-order chi connectivity index (χ0) is 15.4. The second kappa shape index (κ2) is 6.55. The molecule has 2 aliphatic heterocycles. The molecule has 0 aromatic carbocycles. The van der Waals surface area contributed by atoms with E-state index in [1.54, 1.807) is 4.90 Å². The number of piperidine rings is 1. The highest BCUT2D eigenvalue weighted by Crippen LogP contribution is 2.21. The molecule has 2 atom stereocenters. The molecule has 8 heteroatoms. The van der Waals surface area contributed by atoms with Gasteiger partial charge in [0.1, 0.15) is 6.04 Å². The highest BCUT2D eigenvalue weighted by molar-refractivity contribution is 6.01. The van der Waals surface area contributed by atoms with Crippen molar-refractivity contribution in [3.05, 3.63) is 0 Å². The summed E-state index contributed by atoms with van der Waals surface area (Å²) >= 11 is 0. The molecule has 0 aliphatic carbocycles. The average Bonchev–Trinajstić information content (AvgIpc) is 2.88. The van der Waals surface area contributed by atoms with Crippen LogP contribution in [0.1, 0.15) is 32.1 Å². The van der Waals surface area contributed by atoms with Gasteiger partial charge < -0.3 is 15.3 Å². The van der Waals surface area contributed by atoms with Crippen molar-refractivity contribution in [1.29, 1.82) is 0 Å². The van der Waals surface area contributed by atoms with Gasteiger partial charge in [0.25, 0.3) is 0 Å². The molecule has 2 heterocycles. The molecule has 2 unspecified atom stereocenters. The number of hydrogen-bond acceptors (Lipinski definition) is 4. The van der Waals surface area contributed by atoms with Gasteiger partial charge in [0.05, 0.1) is 0 Å². The summed E-state index contributed by atoms with van der Waals surface area (Å²) in [5.41, 5.74) is 0. The molecule has 0 saturated carbocycles. The number of carbonyl (C=O) groups is 4. The largest absolute Gasteiger partial charge is 0.481 e. The third-order valence-corrected chi connectivity index (χ3v) is 3.88. The van der Waals surface area contributed by atoms with Gasteiger partial charge in [0, 0.05) is 25.9 Å². The second-order valence-corrected chi connectivity index (χ2v) is 5.49. The monoisotopic (exact) mass is 297 g/mol. The van der Waals surface area contributed by atoms with Crippen molar-refractivity contribution in [3.8, 4) is 0 Å². The summed E-state index contributed by atoms with van der Waals surface area (Å²) in [6, 6.07) is -1.00. The first-order chi connectivity index (χ1) is 9.95. The lowest BCUT2D eigenvalue weighted by Gasteiger charge is -2.25. The predicted octanol–water partition coefficient (Wildman–Crippen LogP) is -0.312. The Balaban J connectivity index is 1.78. The normalized spacial score (nSPS) is 25.6. The van der Waals surface area contributed by atoms with E-state index in [9.17, 15) is 19.2 Å². The maximum absolute atomic E-state index is 12.1. The molecule has 0 aromatic heterocycles. The fourth-order valence-electron chi connectivity index (χ4n) is 2.65. The van der Waals surface area contributed by atoms with Crippen LogP contribution in [-0.2, 0) is 14.4 Å². The number of carboxylic acid groups (broad SMARTS) is 1. The van der Waals surface area contributed by atoms with Gasteiger partial charge in [-0.1, -0.05) is 0 Å². The molecular weight excluding hydrogens is 278 g/mol. The SMILES string of the molecule is O=C(O)CCC1CCN(C(=O)NC2CCC(=O)NC2=O)C1. The molecular formula is C13H19N3O5. The number of nitrogens with zero attached hydrogens (tertiary/aromatic N) is 1. The third-order valence-electron chi connectivity index (χ3n) is 3.88. The summed E-state index contributed by atoms with van der Waals surface area (Å²) in [5, 5.41) is 13.5. The zero-order valence-electron chi connectivity index (χ0n) is 11.6. The molecule has 0 spiro atoms. The first kappa shape index (κ1) is 15.3. The highest BCUT2D eigenvalue weighted by atomic mass is 16.4. The quantitative estimate of drug-likeness (QED) is 0.615. The molecule has 8 nitrogen and oxygen atoms in total. The first-order valence-corrected chi connectivity index (χ1v) is 7.06. The number of amides is 4. The van der Waals surface area contributed by atoms with Crippen molar-refractivity contribution < 1.29 is 24.3 Å². The van der Waals surface area contributed by atoms with Crippen molar-refractivity contribution in [2.75, 3.05) is 13.1 Å². The lowest BCUT2D eigenvalue weighted by Crippen LogP contribution is -2.54. The smallest absolute Gasteiger partial charge is 0.318 e. The van der Waals surface area contributed by atoms with Crippen LogP contribution >= 0.6 is 0 Å². The maximum atomic E-state index is 12.1. The summed E-state index contributed by atoms with van der Waals surface area (Å²) in [7, 11) is 0. The summed E-state index contributed by atoms with van der Waals surface area (Å²) in [6.07, 6.45) is 1.96. The molecule has 2 saturated heterocycles. The molecule has 116 valence electrons. The number of carbonyl (C=O) groups excluding carboxylic acids is 3. The van der Waals surface area contributed by atoms with Crippen LogP contribution in [0.4, 0.5) is 4.79 Å². The van der Waals surface area contributed by atoms with Crippen LogP contribution in [0.3, 0.4) is 0 Å². The van der Waals surface area contributed by atoms with Gasteiger partial charge in [-0.05, 0) is 25.2 Å². The minimum absolute atomic E-state index is 0.104. The van der Waals surface area contributed by atoms with Crippen LogP contribution in [0.2, 0.25) is 0 Å². The summed E-state index contributed by atoms with van der Waals surface area (Å²) in [4.78, 5) is 46.8. The fourth-order valence-corrected chi connectivity index (χ4v) is 2.65. The van der Waals surface area contributed by atoms with Crippen LogP contribution in [0, 0.1) is 5.92 Å². The van der Waals surface area contributed by atoms with Gasteiger partial charge in [0.2, 0.25) is 11.8 Å². The van der Waals surface area contributed by atoms with Crippen molar-refractivity contribution in [1.82, 2.24) is 15.5 Å². The minimum atomic E-state index is -0.832. The Bertz CT molecular complexity index is 465. The number of urea groups is 1. The van der Waals surface area contributed by atoms with Gasteiger partial charge >= 0.3 is 12.0 Å². The van der Waals surface area contributed by atoms with E-state index in [1.165, 1.54) is 0 Å². The van der Waals surface area contributed by atoms with E-state index >= 15 is 0 Å². The van der Waals surface area contributed by atoms with E-state index in [4.69, 9.17) is 5.11 Å². The molecule has 2 aliphatic rings. The number of likely N-dealkylation sites (tertiary alicyclic amines) is 1. The maximum Gasteiger partial charge on any atom is 0.318 e. The Morgan fingerprint density at radius 2 is 2.10 bits per heavy atom. The lowest BCUT2D eigenvalue weighted by atomic mass is 10.0. The van der Waals surface area contributed by atoms with Crippen molar-refractivity contribution >= 4 is 23.8 Å². The van der Waals surface area contributed by atoms with Gasteiger partial charge in [-0.3, -0.25) is 19.7 Å². The van der Waals surface area contributed by atoms with E-state index in [1.807, 2.05) is 0 Å².